The van der Waals surface area contributed by atoms with E-state index in [4.69, 9.17) is 0 Å². The van der Waals surface area contributed by atoms with Crippen molar-refractivity contribution in [3.8, 4) is 0 Å². The molecule has 3 rings (SSSR count). The predicted molar refractivity (Wildman–Crippen MR) is 131 cm³/mol. The predicted octanol–water partition coefficient (Wildman–Crippen LogP) is 4.71. The number of benzene rings is 3. The van der Waals surface area contributed by atoms with Gasteiger partial charge in [-0.05, 0) is 59.0 Å². The summed E-state index contributed by atoms with van der Waals surface area (Å²) in [5, 5.41) is 2.82. The molecule has 0 aromatic heterocycles. The van der Waals surface area contributed by atoms with Gasteiger partial charge in [0.25, 0.3) is 17.7 Å². The van der Waals surface area contributed by atoms with Crippen molar-refractivity contribution < 1.29 is 14.4 Å². The Hall–Kier alpha value is -4.19. The molecule has 0 unspecified atom stereocenters. The van der Waals surface area contributed by atoms with E-state index < -0.39 is 11.8 Å². The van der Waals surface area contributed by atoms with Crippen LogP contribution in [0.3, 0.4) is 0 Å². The molecule has 0 spiro atoms. The molecule has 0 aliphatic carbocycles. The summed E-state index contributed by atoms with van der Waals surface area (Å²) in [6.07, 6.45) is 2.98. The van der Waals surface area contributed by atoms with Crippen molar-refractivity contribution in [2.75, 3.05) is 5.32 Å². The van der Waals surface area contributed by atoms with Crippen LogP contribution < -0.4 is 16.2 Å². The molecule has 6 nitrogen and oxygen atoms in total. The Morgan fingerprint density at radius 3 is 1.88 bits per heavy atom. The zero-order valence-corrected chi connectivity index (χ0v) is 18.9. The molecule has 0 saturated carbocycles. The fraction of sp³-hybridized carbons (Fsp3) is 0.148. The normalized spacial score (nSPS) is 11.1. The maximum Gasteiger partial charge on any atom is 0.269 e. The van der Waals surface area contributed by atoms with E-state index in [0.29, 0.717) is 16.8 Å². The average Bonchev–Trinajstić information content (AvgIpc) is 2.82. The summed E-state index contributed by atoms with van der Waals surface area (Å²) in [5.41, 5.74) is 8.20. The summed E-state index contributed by atoms with van der Waals surface area (Å²) >= 11 is 0. The smallest absolute Gasteiger partial charge is 0.269 e. The van der Waals surface area contributed by atoms with Gasteiger partial charge in [-0.25, -0.2) is 0 Å². The Morgan fingerprint density at radius 2 is 1.27 bits per heavy atom. The topological polar surface area (TPSA) is 87.3 Å². The van der Waals surface area contributed by atoms with Gasteiger partial charge in [0.2, 0.25) is 0 Å². The van der Waals surface area contributed by atoms with Gasteiger partial charge in [0.05, 0.1) is 0 Å². The van der Waals surface area contributed by atoms with E-state index in [1.165, 1.54) is 6.08 Å². The summed E-state index contributed by atoms with van der Waals surface area (Å²) in [5.74, 6) is -1.15. The molecular formula is C27H27N3O3. The second-order valence-corrected chi connectivity index (χ2v) is 8.55. The van der Waals surface area contributed by atoms with Crippen LogP contribution in [0.2, 0.25) is 0 Å². The minimum Gasteiger partial charge on any atom is -0.322 e. The number of hydrogen-bond donors (Lipinski definition) is 3. The zero-order valence-electron chi connectivity index (χ0n) is 18.9. The maximum atomic E-state index is 12.5. The van der Waals surface area contributed by atoms with E-state index in [0.717, 1.165) is 11.1 Å². The third kappa shape index (κ3) is 6.90. The van der Waals surface area contributed by atoms with E-state index in [1.807, 2.05) is 42.5 Å². The van der Waals surface area contributed by atoms with Gasteiger partial charge in [0, 0.05) is 22.9 Å². The molecule has 0 aliphatic heterocycles. The van der Waals surface area contributed by atoms with Gasteiger partial charge < -0.3 is 5.32 Å². The number of nitrogens with one attached hydrogen (secondary N) is 3. The summed E-state index contributed by atoms with van der Waals surface area (Å²) in [6, 6.07) is 23.3. The summed E-state index contributed by atoms with van der Waals surface area (Å²) in [4.78, 5) is 36.6. The zero-order chi connectivity index (χ0) is 23.8. The van der Waals surface area contributed by atoms with Crippen molar-refractivity contribution in [3.05, 3.63) is 107 Å². The van der Waals surface area contributed by atoms with Crippen LogP contribution in [0.25, 0.3) is 6.08 Å². The average molecular weight is 442 g/mol. The van der Waals surface area contributed by atoms with Gasteiger partial charge >= 0.3 is 0 Å². The SMILES string of the molecule is CC(C)(C)c1ccc(C(=O)Nc2ccc(C(=O)NNC(=O)C=Cc3ccccc3)cc2)cc1. The molecule has 0 aliphatic rings. The first kappa shape index (κ1) is 23.5. The molecule has 0 heterocycles. The molecule has 3 N–H and O–H groups in total. The molecule has 6 heteroatoms. The van der Waals surface area contributed by atoms with Crippen molar-refractivity contribution >= 4 is 29.5 Å². The highest BCUT2D eigenvalue weighted by atomic mass is 16.2. The van der Waals surface area contributed by atoms with E-state index in [1.54, 1.807) is 42.5 Å². The van der Waals surface area contributed by atoms with Crippen LogP contribution in [-0.4, -0.2) is 17.7 Å². The van der Waals surface area contributed by atoms with Crippen LogP contribution in [0.4, 0.5) is 5.69 Å². The van der Waals surface area contributed by atoms with Crippen LogP contribution in [0.15, 0.2) is 84.9 Å². The fourth-order valence-corrected chi connectivity index (χ4v) is 3.00. The second kappa shape index (κ2) is 10.4. The van der Waals surface area contributed by atoms with Gasteiger partial charge in [0.1, 0.15) is 0 Å². The quantitative estimate of drug-likeness (QED) is 0.396. The van der Waals surface area contributed by atoms with Crippen LogP contribution in [0.5, 0.6) is 0 Å². The molecule has 0 bridgehead atoms. The number of carbonyl (C=O) groups excluding carboxylic acids is 3. The van der Waals surface area contributed by atoms with Crippen LogP contribution in [-0.2, 0) is 10.2 Å². The maximum absolute atomic E-state index is 12.5. The third-order valence-corrected chi connectivity index (χ3v) is 4.94. The molecular weight excluding hydrogens is 414 g/mol. The van der Waals surface area contributed by atoms with E-state index in [-0.39, 0.29) is 11.3 Å². The second-order valence-electron chi connectivity index (χ2n) is 8.55. The van der Waals surface area contributed by atoms with Gasteiger partial charge in [0.15, 0.2) is 0 Å². The lowest BCUT2D eigenvalue weighted by Gasteiger charge is -2.19. The Balaban J connectivity index is 1.51. The standard InChI is InChI=1S/C27H27N3O3/c1-27(2,3)22-14-10-20(11-15-22)25(32)28-23-16-12-21(13-17-23)26(33)30-29-24(31)18-9-19-7-5-4-6-8-19/h4-18H,1-3H3,(H,28,32)(H,29,31)(H,30,33). The molecule has 3 aromatic carbocycles. The number of carbonyl (C=O) groups is 3. The highest BCUT2D eigenvalue weighted by Crippen LogP contribution is 2.22. The highest BCUT2D eigenvalue weighted by molar-refractivity contribution is 6.04. The molecule has 33 heavy (non-hydrogen) atoms. The molecule has 0 radical (unpaired) electrons. The number of hydrazine groups is 1. The molecule has 0 fully saturated rings. The first-order valence-corrected chi connectivity index (χ1v) is 10.6. The summed E-state index contributed by atoms with van der Waals surface area (Å²) < 4.78 is 0. The summed E-state index contributed by atoms with van der Waals surface area (Å²) in [6.45, 7) is 6.35. The first-order valence-electron chi connectivity index (χ1n) is 10.6. The van der Waals surface area contributed by atoms with Crippen LogP contribution in [0, 0.1) is 0 Å². The first-order chi connectivity index (χ1) is 15.7. The van der Waals surface area contributed by atoms with Crippen LogP contribution >= 0.6 is 0 Å². The Labute approximate surface area is 193 Å². The van der Waals surface area contributed by atoms with Gasteiger partial charge in [-0.2, -0.15) is 0 Å². The van der Waals surface area contributed by atoms with E-state index >= 15 is 0 Å². The molecule has 3 amide bonds. The van der Waals surface area contributed by atoms with Gasteiger partial charge in [-0.1, -0.05) is 63.2 Å². The monoisotopic (exact) mass is 441 g/mol. The van der Waals surface area contributed by atoms with E-state index in [9.17, 15) is 14.4 Å². The number of anilines is 1. The lowest BCUT2D eigenvalue weighted by atomic mass is 9.87. The fourth-order valence-electron chi connectivity index (χ4n) is 3.00. The molecule has 0 atom stereocenters. The minimum absolute atomic E-state index is 0.0169. The Bertz CT molecular complexity index is 1140. The third-order valence-electron chi connectivity index (χ3n) is 4.94. The number of rotatable bonds is 5. The van der Waals surface area contributed by atoms with Crippen molar-refractivity contribution in [2.24, 2.45) is 0 Å². The Kier molecular flexibility index (Phi) is 7.41. The summed E-state index contributed by atoms with van der Waals surface area (Å²) in [7, 11) is 0. The van der Waals surface area contributed by atoms with Crippen molar-refractivity contribution in [3.63, 3.8) is 0 Å². The van der Waals surface area contributed by atoms with Crippen molar-refractivity contribution in [2.45, 2.75) is 26.2 Å². The van der Waals surface area contributed by atoms with Crippen molar-refractivity contribution in [1.29, 1.82) is 0 Å². The van der Waals surface area contributed by atoms with Crippen LogP contribution in [0.1, 0.15) is 52.6 Å². The highest BCUT2D eigenvalue weighted by Gasteiger charge is 2.14. The molecule has 168 valence electrons. The lowest BCUT2D eigenvalue weighted by Crippen LogP contribution is -2.40. The van der Waals surface area contributed by atoms with Crippen molar-refractivity contribution in [1.82, 2.24) is 10.9 Å². The van der Waals surface area contributed by atoms with Gasteiger partial charge in [-0.15, -0.1) is 0 Å². The Morgan fingerprint density at radius 1 is 0.697 bits per heavy atom. The van der Waals surface area contributed by atoms with E-state index in [2.05, 4.69) is 36.9 Å². The number of amides is 3. The van der Waals surface area contributed by atoms with Gasteiger partial charge in [-0.3, -0.25) is 25.2 Å². The minimum atomic E-state index is -0.466. The molecule has 3 aromatic rings. The largest absolute Gasteiger partial charge is 0.322 e. The number of hydrogen-bond acceptors (Lipinski definition) is 3. The molecule has 0 saturated heterocycles. The lowest BCUT2D eigenvalue weighted by molar-refractivity contribution is -0.117.